The van der Waals surface area contributed by atoms with E-state index in [9.17, 15) is 14.7 Å². The molecule has 2 aromatic rings. The van der Waals surface area contributed by atoms with Gasteiger partial charge < -0.3 is 20.2 Å². The molecule has 2 heterocycles. The molecular formula is C19H25N5O3. The highest BCUT2D eigenvalue weighted by molar-refractivity contribution is 6.12. The molecule has 1 aliphatic heterocycles. The largest absolute Gasteiger partial charge is 0.505 e. The van der Waals surface area contributed by atoms with Crippen molar-refractivity contribution in [2.24, 2.45) is 0 Å². The van der Waals surface area contributed by atoms with Crippen molar-refractivity contribution in [3.8, 4) is 5.75 Å². The van der Waals surface area contributed by atoms with Crippen LogP contribution >= 0.6 is 0 Å². The summed E-state index contributed by atoms with van der Waals surface area (Å²) in [6, 6.07) is 3.41. The predicted molar refractivity (Wildman–Crippen MR) is 104 cm³/mol. The molecule has 0 atom stereocenters. The van der Waals surface area contributed by atoms with E-state index in [2.05, 4.69) is 15.2 Å². The zero-order valence-electron chi connectivity index (χ0n) is 16.1. The van der Waals surface area contributed by atoms with Crippen LogP contribution in [0.25, 0.3) is 10.9 Å². The normalized spacial score (nSPS) is 15.0. The van der Waals surface area contributed by atoms with E-state index in [0.717, 1.165) is 13.1 Å². The second-order valence-corrected chi connectivity index (χ2v) is 6.81. The third kappa shape index (κ3) is 3.28. The Morgan fingerprint density at radius 2 is 1.93 bits per heavy atom. The first-order chi connectivity index (χ1) is 12.9. The van der Waals surface area contributed by atoms with Crippen LogP contribution in [0.1, 0.15) is 15.9 Å². The summed E-state index contributed by atoms with van der Waals surface area (Å²) in [6.45, 7) is 4.67. The number of rotatable bonds is 2. The number of phenolic OH excluding ortho intramolecular Hbond substituents is 1. The van der Waals surface area contributed by atoms with Gasteiger partial charge in [-0.2, -0.15) is 0 Å². The number of carbonyl (C=O) groups is 2. The van der Waals surface area contributed by atoms with Crippen LogP contribution in [0.15, 0.2) is 18.3 Å². The van der Waals surface area contributed by atoms with Crippen molar-refractivity contribution in [3.05, 3.63) is 29.5 Å². The van der Waals surface area contributed by atoms with E-state index >= 15 is 0 Å². The molecule has 1 saturated heterocycles. The van der Waals surface area contributed by atoms with Crippen LogP contribution in [0.3, 0.4) is 0 Å². The van der Waals surface area contributed by atoms with Gasteiger partial charge in [0, 0.05) is 51.9 Å². The van der Waals surface area contributed by atoms with Crippen molar-refractivity contribution in [2.45, 2.75) is 6.92 Å². The second kappa shape index (κ2) is 7.40. The third-order valence-electron chi connectivity index (χ3n) is 5.10. The van der Waals surface area contributed by atoms with Crippen LogP contribution in [0.4, 0.5) is 10.5 Å². The highest BCUT2D eigenvalue weighted by Crippen LogP contribution is 2.39. The molecule has 0 aliphatic carbocycles. The molecule has 1 aromatic carbocycles. The number of benzene rings is 1. The van der Waals surface area contributed by atoms with Crippen molar-refractivity contribution in [3.63, 3.8) is 0 Å². The molecule has 8 heteroatoms. The van der Waals surface area contributed by atoms with E-state index in [0.29, 0.717) is 35.2 Å². The third-order valence-corrected chi connectivity index (χ3v) is 5.10. The average Bonchev–Trinajstić information content (AvgIpc) is 2.67. The molecule has 0 bridgehead atoms. The fraction of sp³-hybridized carbons (Fsp3) is 0.421. The van der Waals surface area contributed by atoms with E-state index in [1.807, 2.05) is 7.05 Å². The van der Waals surface area contributed by atoms with E-state index in [1.165, 1.54) is 7.05 Å². The quantitative estimate of drug-likeness (QED) is 0.833. The van der Waals surface area contributed by atoms with Gasteiger partial charge in [-0.25, -0.2) is 4.79 Å². The number of hydrogen-bond acceptors (Lipinski definition) is 5. The summed E-state index contributed by atoms with van der Waals surface area (Å²) >= 11 is 0. The molecular weight excluding hydrogens is 346 g/mol. The number of urea groups is 1. The Kier molecular flexibility index (Phi) is 5.18. The molecule has 3 rings (SSSR count). The number of pyridine rings is 1. The summed E-state index contributed by atoms with van der Waals surface area (Å²) in [6.07, 6.45) is 1.55. The Morgan fingerprint density at radius 1 is 1.26 bits per heavy atom. The second-order valence-electron chi connectivity index (χ2n) is 6.81. The van der Waals surface area contributed by atoms with Crippen molar-refractivity contribution < 1.29 is 14.7 Å². The summed E-state index contributed by atoms with van der Waals surface area (Å²) in [5, 5.41) is 13.8. The fourth-order valence-corrected chi connectivity index (χ4v) is 3.54. The molecule has 144 valence electrons. The molecule has 1 aliphatic rings. The summed E-state index contributed by atoms with van der Waals surface area (Å²) in [5.74, 6) is -0.592. The topological polar surface area (TPSA) is 89.0 Å². The summed E-state index contributed by atoms with van der Waals surface area (Å²) in [7, 11) is 5.23. The zero-order valence-corrected chi connectivity index (χ0v) is 16.1. The number of likely N-dealkylation sites (N-methyl/N-ethyl adjacent to an activating group) is 1. The maximum Gasteiger partial charge on any atom is 0.324 e. The first kappa shape index (κ1) is 18.9. The van der Waals surface area contributed by atoms with Crippen molar-refractivity contribution in [1.29, 1.82) is 0 Å². The van der Waals surface area contributed by atoms with Crippen LogP contribution < -0.4 is 10.2 Å². The van der Waals surface area contributed by atoms with Crippen LogP contribution in [0.2, 0.25) is 0 Å². The van der Waals surface area contributed by atoms with Gasteiger partial charge in [0.25, 0.3) is 5.91 Å². The molecule has 27 heavy (non-hydrogen) atoms. The van der Waals surface area contributed by atoms with Gasteiger partial charge in [0.05, 0.1) is 11.3 Å². The average molecular weight is 371 g/mol. The van der Waals surface area contributed by atoms with Gasteiger partial charge in [-0.05, 0) is 31.7 Å². The number of nitrogens with one attached hydrogen (secondary N) is 1. The monoisotopic (exact) mass is 371 g/mol. The number of aromatic nitrogens is 1. The molecule has 0 saturated carbocycles. The lowest BCUT2D eigenvalue weighted by Gasteiger charge is -2.35. The molecule has 1 aromatic heterocycles. The van der Waals surface area contributed by atoms with Crippen molar-refractivity contribution in [1.82, 2.24) is 20.1 Å². The summed E-state index contributed by atoms with van der Waals surface area (Å²) in [5.41, 5.74) is 1.56. The van der Waals surface area contributed by atoms with E-state index in [4.69, 9.17) is 0 Å². The highest BCUT2D eigenvalue weighted by atomic mass is 16.3. The lowest BCUT2D eigenvalue weighted by molar-refractivity contribution is 0.0960. The smallest absolute Gasteiger partial charge is 0.324 e. The number of carbonyl (C=O) groups excluding carboxylic acids is 2. The molecule has 2 N–H and O–H groups in total. The number of hydrogen-bond donors (Lipinski definition) is 2. The van der Waals surface area contributed by atoms with E-state index in [1.54, 1.807) is 42.1 Å². The number of phenols is 1. The summed E-state index contributed by atoms with van der Waals surface area (Å²) < 4.78 is 0. The maximum absolute atomic E-state index is 13.1. The maximum atomic E-state index is 13.1. The molecule has 0 unspecified atom stereocenters. The number of aromatic hydroxyl groups is 1. The number of piperazine rings is 1. The molecule has 1 fully saturated rings. The predicted octanol–water partition coefficient (Wildman–Crippen LogP) is 1.41. The van der Waals surface area contributed by atoms with Crippen LogP contribution in [-0.2, 0) is 0 Å². The van der Waals surface area contributed by atoms with Crippen LogP contribution in [0, 0.1) is 6.92 Å². The Hall–Kier alpha value is -2.87. The van der Waals surface area contributed by atoms with Gasteiger partial charge in [-0.3, -0.25) is 14.7 Å². The van der Waals surface area contributed by atoms with Gasteiger partial charge in [0.2, 0.25) is 0 Å². The van der Waals surface area contributed by atoms with Crippen LogP contribution in [-0.4, -0.2) is 79.2 Å². The minimum Gasteiger partial charge on any atom is -0.505 e. The van der Waals surface area contributed by atoms with Crippen molar-refractivity contribution >= 4 is 28.5 Å². The van der Waals surface area contributed by atoms with Crippen LogP contribution in [0.5, 0.6) is 5.75 Å². The molecule has 3 amide bonds. The van der Waals surface area contributed by atoms with Gasteiger partial charge >= 0.3 is 6.03 Å². The molecule has 8 nitrogen and oxygen atoms in total. The Morgan fingerprint density at radius 3 is 2.56 bits per heavy atom. The SMILES string of the molecule is CNC(=O)c1c(C)c(N(C)C(=O)N2CCN(C)CC2)c2cccnc2c1O. The first-order valence-electron chi connectivity index (χ1n) is 8.90. The minimum absolute atomic E-state index is 0.134. The van der Waals surface area contributed by atoms with Crippen molar-refractivity contribution in [2.75, 3.05) is 52.2 Å². The fourth-order valence-electron chi connectivity index (χ4n) is 3.54. The zero-order chi connectivity index (χ0) is 19.7. The molecule has 0 radical (unpaired) electrons. The number of fused-ring (bicyclic) bond motifs is 1. The lowest BCUT2D eigenvalue weighted by atomic mass is 9.99. The number of amides is 3. The van der Waals surface area contributed by atoms with E-state index < -0.39 is 5.91 Å². The van der Waals surface area contributed by atoms with Gasteiger partial charge in [0.15, 0.2) is 5.75 Å². The Labute approximate surface area is 158 Å². The Bertz CT molecular complexity index is 891. The first-order valence-corrected chi connectivity index (χ1v) is 8.90. The Balaban J connectivity index is 2.12. The van der Waals surface area contributed by atoms with E-state index in [-0.39, 0.29) is 17.3 Å². The summed E-state index contributed by atoms with van der Waals surface area (Å²) in [4.78, 5) is 35.2. The van der Waals surface area contributed by atoms with Gasteiger partial charge in [-0.15, -0.1) is 0 Å². The number of anilines is 1. The standard InChI is InChI=1S/C19H25N5O3/c1-12-14(18(26)20-2)17(25)15-13(6-5-7-21-15)16(12)23(4)19(27)24-10-8-22(3)9-11-24/h5-7,25H,8-11H2,1-4H3,(H,20,26). The number of nitrogens with zero attached hydrogens (tertiary/aromatic N) is 4. The molecule has 0 spiro atoms. The highest BCUT2D eigenvalue weighted by Gasteiger charge is 2.28. The van der Waals surface area contributed by atoms with Gasteiger partial charge in [0.1, 0.15) is 5.52 Å². The lowest BCUT2D eigenvalue weighted by Crippen LogP contribution is -2.51. The minimum atomic E-state index is -0.417. The van der Waals surface area contributed by atoms with Gasteiger partial charge in [-0.1, -0.05) is 0 Å².